The summed E-state index contributed by atoms with van der Waals surface area (Å²) in [5.74, 6) is -0.582. The van der Waals surface area contributed by atoms with Crippen LogP contribution in [0.2, 0.25) is 0 Å². The Morgan fingerprint density at radius 2 is 0.847 bits per heavy atom. The Bertz CT molecular complexity index is 1460. The topological polar surface area (TPSA) is 114 Å². The zero-order valence-corrected chi connectivity index (χ0v) is 48.5. The van der Waals surface area contributed by atoms with Gasteiger partial charge in [-0.2, -0.15) is 0 Å². The average Bonchev–Trinajstić information content (AvgIpc) is 3.34. The number of amides is 1. The molecule has 9 nitrogen and oxygen atoms in total. The van der Waals surface area contributed by atoms with E-state index < -0.39 is 26.6 Å². The second-order valence-electron chi connectivity index (χ2n) is 21.1. The number of esters is 1. The first-order valence-electron chi connectivity index (χ1n) is 29.7. The minimum absolute atomic E-state index is 0.0308. The molecular weight excluding hydrogens is 916 g/mol. The molecule has 0 fully saturated rings. The van der Waals surface area contributed by atoms with Gasteiger partial charge in [-0.05, 0) is 102 Å². The molecule has 0 saturated heterocycles. The summed E-state index contributed by atoms with van der Waals surface area (Å²) in [5, 5.41) is 3.01. The van der Waals surface area contributed by atoms with Crippen molar-refractivity contribution in [2.45, 2.75) is 270 Å². The standard InChI is InChI=1S/C62H113N2O7P/c1-7-10-13-16-19-22-25-27-29-30-31-32-33-34-35-36-39-42-45-48-51-54-61(65)63-59(58-70-72(67,68)69-57-56-64(4,5)6)60(53-50-47-44-41-38-24-21-18-15-12-9-3)71-62(66)55-52-49-46-43-40-37-28-26-23-20-17-14-11-8-2/h19,22,27,29,31-32,34-35,37,40,50,53,59-60H,7-18,20-21,23-26,28,30,33,36,38-39,41-49,51-52,54-58H2,1-6H3,(H-,63,65,67,68)/b22-19-,29-27-,32-31-,35-34-,40-37-,53-50-. The van der Waals surface area contributed by atoms with Crippen molar-refractivity contribution in [3.05, 3.63) is 72.9 Å². The Hall–Kier alpha value is -2.55. The fourth-order valence-corrected chi connectivity index (χ4v) is 8.93. The summed E-state index contributed by atoms with van der Waals surface area (Å²) in [4.78, 5) is 39.9. The first-order chi connectivity index (χ1) is 34.9. The van der Waals surface area contributed by atoms with Crippen LogP contribution in [-0.2, 0) is 27.9 Å². The Balaban J connectivity index is 5.31. The number of phosphoric ester groups is 1. The van der Waals surface area contributed by atoms with Gasteiger partial charge in [-0.1, -0.05) is 216 Å². The van der Waals surface area contributed by atoms with Crippen LogP contribution in [0.25, 0.3) is 0 Å². The number of nitrogens with one attached hydrogen (secondary N) is 1. The molecule has 0 aliphatic heterocycles. The van der Waals surface area contributed by atoms with Crippen molar-refractivity contribution in [3.8, 4) is 0 Å². The molecule has 72 heavy (non-hydrogen) atoms. The summed E-state index contributed by atoms with van der Waals surface area (Å²) in [7, 11) is 1.16. The van der Waals surface area contributed by atoms with Crippen LogP contribution in [0, 0.1) is 0 Å². The fraction of sp³-hybridized carbons (Fsp3) is 0.774. The first-order valence-corrected chi connectivity index (χ1v) is 31.2. The Morgan fingerprint density at radius 1 is 0.486 bits per heavy atom. The zero-order chi connectivity index (χ0) is 52.9. The number of phosphoric acid groups is 1. The molecule has 10 heteroatoms. The van der Waals surface area contributed by atoms with E-state index in [0.717, 1.165) is 96.3 Å². The SMILES string of the molecule is CCCCC/C=C\C/C=C\C/C=C\C/C=C\CCCCCCCC(=O)NC(COP(=O)([O-])OCC[N+](C)(C)C)C(/C=C\CCCCCCCCCCC)OC(=O)CCCCC/C=C\CCCCCCCCC. The lowest BCUT2D eigenvalue weighted by Gasteiger charge is -2.30. The molecule has 3 unspecified atom stereocenters. The molecule has 0 rings (SSSR count). The second-order valence-corrected chi connectivity index (χ2v) is 22.6. The molecule has 0 aliphatic rings. The number of quaternary nitrogens is 1. The maximum absolute atomic E-state index is 13.5. The van der Waals surface area contributed by atoms with E-state index in [1.165, 1.54) is 116 Å². The van der Waals surface area contributed by atoms with Gasteiger partial charge in [-0.15, -0.1) is 0 Å². The maximum Gasteiger partial charge on any atom is 0.306 e. The Labute approximate surface area is 444 Å². The van der Waals surface area contributed by atoms with Gasteiger partial charge in [0.1, 0.15) is 19.3 Å². The molecule has 3 atom stereocenters. The second kappa shape index (κ2) is 51.9. The largest absolute Gasteiger partial charge is 0.756 e. The lowest BCUT2D eigenvalue weighted by molar-refractivity contribution is -0.870. The van der Waals surface area contributed by atoms with E-state index in [9.17, 15) is 19.0 Å². The number of allylic oxidation sites excluding steroid dienone is 11. The van der Waals surface area contributed by atoms with E-state index in [-0.39, 0.29) is 24.9 Å². The highest BCUT2D eigenvalue weighted by atomic mass is 31.2. The van der Waals surface area contributed by atoms with E-state index in [0.29, 0.717) is 30.3 Å². The number of carbonyl (C=O) groups excluding carboxylic acids is 2. The molecule has 0 aromatic heterocycles. The van der Waals surface area contributed by atoms with Gasteiger partial charge in [0.15, 0.2) is 0 Å². The van der Waals surface area contributed by atoms with Crippen LogP contribution >= 0.6 is 7.82 Å². The molecule has 0 radical (unpaired) electrons. The molecule has 1 N–H and O–H groups in total. The predicted molar refractivity (Wildman–Crippen MR) is 307 cm³/mol. The molecule has 0 aromatic rings. The number of hydrogen-bond acceptors (Lipinski definition) is 7. The van der Waals surface area contributed by atoms with Crippen LogP contribution in [0.4, 0.5) is 0 Å². The minimum Gasteiger partial charge on any atom is -0.756 e. The van der Waals surface area contributed by atoms with E-state index in [2.05, 4.69) is 86.8 Å². The number of ether oxygens (including phenoxy) is 1. The molecule has 0 spiro atoms. The lowest BCUT2D eigenvalue weighted by Crippen LogP contribution is -2.47. The van der Waals surface area contributed by atoms with Gasteiger partial charge in [0.2, 0.25) is 5.91 Å². The normalized spacial score (nSPS) is 14.3. The molecule has 0 bridgehead atoms. The lowest BCUT2D eigenvalue weighted by atomic mass is 10.1. The summed E-state index contributed by atoms with van der Waals surface area (Å²) in [6.45, 7) is 6.77. The van der Waals surface area contributed by atoms with Crippen LogP contribution in [0.15, 0.2) is 72.9 Å². The van der Waals surface area contributed by atoms with Crippen molar-refractivity contribution in [1.29, 1.82) is 0 Å². The highest BCUT2D eigenvalue weighted by Crippen LogP contribution is 2.38. The maximum atomic E-state index is 13.5. The van der Waals surface area contributed by atoms with Crippen molar-refractivity contribution in [2.24, 2.45) is 0 Å². The highest BCUT2D eigenvalue weighted by Gasteiger charge is 2.27. The molecule has 1 amide bonds. The molecule has 0 aliphatic carbocycles. The highest BCUT2D eigenvalue weighted by molar-refractivity contribution is 7.45. The van der Waals surface area contributed by atoms with Crippen LogP contribution < -0.4 is 10.2 Å². The fourth-order valence-electron chi connectivity index (χ4n) is 8.20. The molecular formula is C62H113N2O7P. The predicted octanol–water partition coefficient (Wildman–Crippen LogP) is 17.4. The number of carbonyl (C=O) groups is 2. The van der Waals surface area contributed by atoms with E-state index >= 15 is 0 Å². The minimum atomic E-state index is -4.70. The van der Waals surface area contributed by atoms with Crippen molar-refractivity contribution < 1.29 is 37.3 Å². The van der Waals surface area contributed by atoms with Crippen LogP contribution in [0.5, 0.6) is 0 Å². The van der Waals surface area contributed by atoms with E-state index in [4.69, 9.17) is 13.8 Å². The summed E-state index contributed by atoms with van der Waals surface area (Å²) in [6, 6.07) is -0.906. The number of likely N-dealkylation sites (N-methyl/N-ethyl adjacent to an activating group) is 1. The molecule has 0 heterocycles. The Morgan fingerprint density at radius 3 is 1.32 bits per heavy atom. The molecule has 0 saturated carbocycles. The third-order valence-corrected chi connectivity index (χ3v) is 13.8. The Kier molecular flexibility index (Phi) is 50.1. The van der Waals surface area contributed by atoms with E-state index in [1.54, 1.807) is 0 Å². The van der Waals surface area contributed by atoms with Crippen LogP contribution in [-0.4, -0.2) is 69.4 Å². The van der Waals surface area contributed by atoms with Crippen LogP contribution in [0.1, 0.15) is 258 Å². The monoisotopic (exact) mass is 1030 g/mol. The first kappa shape index (κ1) is 69.5. The van der Waals surface area contributed by atoms with Crippen molar-refractivity contribution in [3.63, 3.8) is 0 Å². The van der Waals surface area contributed by atoms with Gasteiger partial charge in [0.25, 0.3) is 7.82 Å². The quantitative estimate of drug-likeness (QED) is 0.0212. The van der Waals surface area contributed by atoms with Gasteiger partial charge in [-0.3, -0.25) is 14.2 Å². The van der Waals surface area contributed by atoms with Gasteiger partial charge in [0, 0.05) is 12.8 Å². The van der Waals surface area contributed by atoms with Crippen molar-refractivity contribution in [1.82, 2.24) is 5.32 Å². The van der Waals surface area contributed by atoms with Gasteiger partial charge < -0.3 is 28.5 Å². The summed E-state index contributed by atoms with van der Waals surface area (Å²) in [6.07, 6.45) is 65.8. The number of hydrogen-bond donors (Lipinski definition) is 1. The third kappa shape index (κ3) is 52.3. The van der Waals surface area contributed by atoms with Gasteiger partial charge in [0.05, 0.1) is 33.8 Å². The zero-order valence-electron chi connectivity index (χ0n) is 47.6. The average molecular weight is 1030 g/mol. The smallest absolute Gasteiger partial charge is 0.306 e. The van der Waals surface area contributed by atoms with Crippen LogP contribution in [0.3, 0.4) is 0 Å². The summed E-state index contributed by atoms with van der Waals surface area (Å²) >= 11 is 0. The summed E-state index contributed by atoms with van der Waals surface area (Å²) in [5.41, 5.74) is 0. The van der Waals surface area contributed by atoms with Gasteiger partial charge >= 0.3 is 5.97 Å². The molecule has 0 aromatic carbocycles. The third-order valence-electron chi connectivity index (χ3n) is 12.9. The number of unbranched alkanes of at least 4 members (excludes halogenated alkanes) is 27. The number of nitrogens with zero attached hydrogens (tertiary/aromatic N) is 1. The summed E-state index contributed by atoms with van der Waals surface area (Å²) < 4.78 is 30.2. The molecule has 418 valence electrons. The van der Waals surface area contributed by atoms with Crippen molar-refractivity contribution >= 4 is 19.7 Å². The van der Waals surface area contributed by atoms with Gasteiger partial charge in [-0.25, -0.2) is 0 Å². The van der Waals surface area contributed by atoms with E-state index in [1.807, 2.05) is 33.3 Å². The van der Waals surface area contributed by atoms with Crippen molar-refractivity contribution in [2.75, 3.05) is 40.9 Å². The number of rotatable bonds is 53.